The van der Waals surface area contributed by atoms with Crippen molar-refractivity contribution in [1.29, 1.82) is 0 Å². The molecule has 210 valence electrons. The molecule has 3 aromatic heterocycles. The lowest BCUT2D eigenvalue weighted by atomic mass is 9.95. The van der Waals surface area contributed by atoms with Gasteiger partial charge in [0.15, 0.2) is 5.65 Å². The third-order valence-electron chi connectivity index (χ3n) is 6.38. The normalized spacial score (nSPS) is 12.4. The molecule has 0 N–H and O–H groups in total. The van der Waals surface area contributed by atoms with Crippen molar-refractivity contribution in [1.82, 2.24) is 35.0 Å². The number of alkyl halides is 3. The number of aryl methyl sites for hydroxylation is 4. The molecule has 0 fully saturated rings. The molecule has 0 aliphatic rings. The zero-order valence-electron chi connectivity index (χ0n) is 23.8. The number of tetrazole rings is 1. The summed E-state index contributed by atoms with van der Waals surface area (Å²) >= 11 is 0. The van der Waals surface area contributed by atoms with Crippen LogP contribution in [0.15, 0.2) is 24.3 Å². The van der Waals surface area contributed by atoms with Crippen molar-refractivity contribution in [2.45, 2.75) is 60.8 Å². The van der Waals surface area contributed by atoms with Crippen LogP contribution in [0.3, 0.4) is 0 Å². The third kappa shape index (κ3) is 6.48. The minimum Gasteiger partial charge on any atom is -0.356 e. The van der Waals surface area contributed by atoms with Crippen LogP contribution in [-0.2, 0) is 33.4 Å². The predicted octanol–water partition coefficient (Wildman–Crippen LogP) is 5.21. The number of fused-ring (bicyclic) bond motifs is 1. The average Bonchev–Trinajstić information content (AvgIpc) is 3.37. The van der Waals surface area contributed by atoms with Gasteiger partial charge in [0.1, 0.15) is 5.82 Å². The fourth-order valence-electron chi connectivity index (χ4n) is 4.82. The van der Waals surface area contributed by atoms with Gasteiger partial charge in [0.2, 0.25) is 0 Å². The molecule has 0 amide bonds. The van der Waals surface area contributed by atoms with Crippen molar-refractivity contribution >= 4 is 22.8 Å². The Balaban J connectivity index is 1.83. The molecule has 39 heavy (non-hydrogen) atoms. The topological polar surface area (TPSA) is 80.8 Å². The molecule has 0 saturated carbocycles. The maximum absolute atomic E-state index is 13.6. The molecule has 0 spiro atoms. The third-order valence-corrected chi connectivity index (χ3v) is 6.38. The van der Waals surface area contributed by atoms with Gasteiger partial charge in [-0.05, 0) is 55.2 Å². The van der Waals surface area contributed by atoms with Crippen LogP contribution in [0, 0.1) is 19.3 Å². The summed E-state index contributed by atoms with van der Waals surface area (Å²) in [4.78, 5) is 10.5. The monoisotopic (exact) mass is 543 g/mol. The van der Waals surface area contributed by atoms with Crippen molar-refractivity contribution < 1.29 is 13.2 Å². The fourth-order valence-corrected chi connectivity index (χ4v) is 4.82. The Labute approximate surface area is 226 Å². The second-order valence-corrected chi connectivity index (χ2v) is 11.3. The second kappa shape index (κ2) is 10.5. The molecule has 1 aromatic carbocycles. The van der Waals surface area contributed by atoms with Crippen LogP contribution in [0.25, 0.3) is 11.0 Å². The summed E-state index contributed by atoms with van der Waals surface area (Å²) in [6.45, 7) is 14.2. The first-order valence-corrected chi connectivity index (χ1v) is 12.9. The van der Waals surface area contributed by atoms with E-state index in [1.807, 2.05) is 18.9 Å². The van der Waals surface area contributed by atoms with Crippen molar-refractivity contribution in [3.8, 4) is 0 Å². The zero-order valence-corrected chi connectivity index (χ0v) is 23.8. The fraction of sp³-hybridized carbons (Fsp3) is 0.519. The first-order chi connectivity index (χ1) is 18.1. The second-order valence-electron chi connectivity index (χ2n) is 11.3. The molecule has 0 radical (unpaired) electrons. The number of aromatic nitrogens is 7. The lowest BCUT2D eigenvalue weighted by molar-refractivity contribution is -0.137. The van der Waals surface area contributed by atoms with Crippen molar-refractivity contribution in [3.05, 3.63) is 52.2 Å². The average molecular weight is 544 g/mol. The van der Waals surface area contributed by atoms with Gasteiger partial charge >= 0.3 is 6.18 Å². The van der Waals surface area contributed by atoms with Gasteiger partial charge in [-0.15, -0.1) is 5.10 Å². The van der Waals surface area contributed by atoms with Gasteiger partial charge in [0.25, 0.3) is 5.95 Å². The summed E-state index contributed by atoms with van der Waals surface area (Å²) in [5.74, 6) is 1.12. The van der Waals surface area contributed by atoms with E-state index in [-0.39, 0.29) is 12.0 Å². The Morgan fingerprint density at radius 1 is 0.923 bits per heavy atom. The molecule has 0 aliphatic carbocycles. The highest BCUT2D eigenvalue weighted by Crippen LogP contribution is 2.33. The number of pyridine rings is 1. The highest BCUT2D eigenvalue weighted by Gasteiger charge is 2.31. The molecular weight excluding hydrogens is 507 g/mol. The van der Waals surface area contributed by atoms with Gasteiger partial charge in [0, 0.05) is 44.2 Å². The molecule has 4 aromatic rings. The number of rotatable bonds is 8. The quantitative estimate of drug-likeness (QED) is 0.302. The summed E-state index contributed by atoms with van der Waals surface area (Å²) in [7, 11) is 3.53. The number of halogens is 3. The predicted molar refractivity (Wildman–Crippen MR) is 145 cm³/mol. The molecule has 0 unspecified atom stereocenters. The van der Waals surface area contributed by atoms with Crippen LogP contribution in [-0.4, -0.2) is 48.1 Å². The van der Waals surface area contributed by atoms with Gasteiger partial charge in [-0.25, -0.2) is 4.98 Å². The molecule has 0 saturated heterocycles. The molecule has 3 heterocycles. The Hall–Kier alpha value is -3.70. The van der Waals surface area contributed by atoms with E-state index in [0.29, 0.717) is 23.6 Å². The lowest BCUT2D eigenvalue weighted by Gasteiger charge is -2.32. The summed E-state index contributed by atoms with van der Waals surface area (Å²) in [6, 6.07) is 6.17. The van der Waals surface area contributed by atoms with E-state index in [2.05, 4.69) is 59.2 Å². The van der Waals surface area contributed by atoms with Crippen LogP contribution in [0.2, 0.25) is 0 Å². The van der Waals surface area contributed by atoms with Crippen LogP contribution >= 0.6 is 0 Å². The maximum Gasteiger partial charge on any atom is 0.416 e. The first-order valence-electron chi connectivity index (χ1n) is 12.9. The van der Waals surface area contributed by atoms with Crippen molar-refractivity contribution in [2.75, 3.05) is 22.9 Å². The Morgan fingerprint density at radius 2 is 1.64 bits per heavy atom. The number of anilines is 2. The number of hydrogen-bond acceptors (Lipinski definition) is 7. The smallest absolute Gasteiger partial charge is 0.356 e. The van der Waals surface area contributed by atoms with Gasteiger partial charge in [-0.1, -0.05) is 37.5 Å². The van der Waals surface area contributed by atoms with E-state index in [0.717, 1.165) is 47.3 Å². The van der Waals surface area contributed by atoms with Gasteiger partial charge < -0.3 is 9.80 Å². The van der Waals surface area contributed by atoms with Gasteiger partial charge in [0.05, 0.1) is 18.3 Å². The highest BCUT2D eigenvalue weighted by atomic mass is 19.4. The van der Waals surface area contributed by atoms with E-state index in [1.165, 1.54) is 10.9 Å². The highest BCUT2D eigenvalue weighted by molar-refractivity contribution is 5.81. The molecule has 4 rings (SSSR count). The van der Waals surface area contributed by atoms with Crippen LogP contribution in [0.1, 0.15) is 55.6 Å². The maximum atomic E-state index is 13.6. The van der Waals surface area contributed by atoms with Crippen LogP contribution < -0.4 is 9.80 Å². The summed E-state index contributed by atoms with van der Waals surface area (Å²) < 4.78 is 42.5. The number of benzene rings is 1. The standard InChI is InChI=1S/C27H36F3N9/c1-9-38(16-26(4,5)6)23-20(13-22-18(3)33-36(7)24(22)31-23)15-39(25-32-35-37(8)34-25)14-19-10-17(2)11-21(12-19)27(28,29)30/h10-13H,9,14-16H2,1-8H3. The van der Waals surface area contributed by atoms with E-state index >= 15 is 0 Å². The summed E-state index contributed by atoms with van der Waals surface area (Å²) in [5, 5.41) is 18.0. The van der Waals surface area contributed by atoms with E-state index in [9.17, 15) is 13.2 Å². The largest absolute Gasteiger partial charge is 0.416 e. The van der Waals surface area contributed by atoms with E-state index < -0.39 is 11.7 Å². The van der Waals surface area contributed by atoms with E-state index in [4.69, 9.17) is 4.98 Å². The Bertz CT molecular complexity index is 1460. The van der Waals surface area contributed by atoms with Crippen molar-refractivity contribution in [3.63, 3.8) is 0 Å². The number of hydrogen-bond donors (Lipinski definition) is 0. The number of nitrogens with zero attached hydrogens (tertiary/aromatic N) is 9. The SMILES string of the molecule is CCN(CC(C)(C)C)c1nc2c(cc1CN(Cc1cc(C)cc(C(F)(F)F)c1)c1nnn(C)n1)c(C)nn2C. The molecule has 0 aliphatic heterocycles. The molecule has 0 bridgehead atoms. The van der Waals surface area contributed by atoms with Gasteiger partial charge in [-0.2, -0.15) is 23.1 Å². The van der Waals surface area contributed by atoms with Crippen molar-refractivity contribution in [2.24, 2.45) is 19.5 Å². The molecule has 12 heteroatoms. The summed E-state index contributed by atoms with van der Waals surface area (Å²) in [6.07, 6.45) is -4.44. The Morgan fingerprint density at radius 3 is 2.23 bits per heavy atom. The molecule has 0 atom stereocenters. The Kier molecular flexibility index (Phi) is 7.59. The van der Waals surface area contributed by atoms with Crippen LogP contribution in [0.4, 0.5) is 24.9 Å². The first kappa shape index (κ1) is 28.3. The zero-order chi connectivity index (χ0) is 28.7. The lowest BCUT2D eigenvalue weighted by Crippen LogP contribution is -2.35. The minimum absolute atomic E-state index is 0.00794. The molecular formula is C27H36F3N9. The van der Waals surface area contributed by atoms with E-state index in [1.54, 1.807) is 24.7 Å². The van der Waals surface area contributed by atoms with Gasteiger partial charge in [-0.3, -0.25) is 4.68 Å². The molecule has 9 nitrogen and oxygen atoms in total. The summed E-state index contributed by atoms with van der Waals surface area (Å²) in [5.41, 5.74) is 2.89. The minimum atomic E-state index is -4.44. The van der Waals surface area contributed by atoms with Crippen LogP contribution in [0.5, 0.6) is 0 Å².